The van der Waals surface area contributed by atoms with E-state index in [-0.39, 0.29) is 5.56 Å². The van der Waals surface area contributed by atoms with Gasteiger partial charge in [0.1, 0.15) is 0 Å². The van der Waals surface area contributed by atoms with Crippen molar-refractivity contribution >= 4 is 0 Å². The van der Waals surface area contributed by atoms with Gasteiger partial charge in [0.2, 0.25) is 0 Å². The maximum absolute atomic E-state index is 12.4. The van der Waals surface area contributed by atoms with E-state index in [1.54, 1.807) is 4.68 Å². The molecule has 1 aliphatic carbocycles. The number of rotatable bonds is 6. The molecule has 1 aliphatic rings. The van der Waals surface area contributed by atoms with Gasteiger partial charge in [-0.1, -0.05) is 33.6 Å². The molecule has 2 rings (SSSR count). The molecular formula is C16H27N3O. The lowest BCUT2D eigenvalue weighted by molar-refractivity contribution is 0.503. The zero-order valence-corrected chi connectivity index (χ0v) is 13.0. The first-order valence-corrected chi connectivity index (χ1v) is 7.96. The normalized spacial score (nSPS) is 16.2. The lowest BCUT2D eigenvalue weighted by Crippen LogP contribution is -2.33. The van der Waals surface area contributed by atoms with Gasteiger partial charge in [0, 0.05) is 24.7 Å². The lowest BCUT2D eigenvalue weighted by Gasteiger charge is -2.15. The topological polar surface area (TPSA) is 46.9 Å². The van der Waals surface area contributed by atoms with Crippen LogP contribution in [0.5, 0.6) is 0 Å². The van der Waals surface area contributed by atoms with E-state index in [9.17, 15) is 4.79 Å². The highest BCUT2D eigenvalue weighted by molar-refractivity contribution is 5.16. The molecule has 4 nitrogen and oxygen atoms in total. The fourth-order valence-electron chi connectivity index (χ4n) is 2.78. The molecule has 20 heavy (non-hydrogen) atoms. The summed E-state index contributed by atoms with van der Waals surface area (Å²) in [5.41, 5.74) is 1.95. The van der Waals surface area contributed by atoms with E-state index in [1.807, 2.05) is 6.07 Å². The molecule has 1 saturated carbocycles. The van der Waals surface area contributed by atoms with Crippen molar-refractivity contribution in [2.45, 2.75) is 77.9 Å². The van der Waals surface area contributed by atoms with Crippen LogP contribution in [0, 0.1) is 0 Å². The summed E-state index contributed by atoms with van der Waals surface area (Å²) in [6.07, 6.45) is 6.04. The third-order valence-electron chi connectivity index (χ3n) is 4.03. The Morgan fingerprint density at radius 3 is 2.70 bits per heavy atom. The van der Waals surface area contributed by atoms with E-state index in [1.165, 1.54) is 25.7 Å². The summed E-state index contributed by atoms with van der Waals surface area (Å²) in [6.45, 7) is 7.70. The Kier molecular flexibility index (Phi) is 5.35. The lowest BCUT2D eigenvalue weighted by atomic mass is 10.1. The molecule has 0 unspecified atom stereocenters. The van der Waals surface area contributed by atoms with Crippen molar-refractivity contribution in [3.63, 3.8) is 0 Å². The van der Waals surface area contributed by atoms with E-state index in [0.717, 1.165) is 17.7 Å². The third kappa shape index (κ3) is 3.69. The zero-order chi connectivity index (χ0) is 14.5. The molecule has 1 heterocycles. The van der Waals surface area contributed by atoms with Crippen LogP contribution in [0.15, 0.2) is 10.9 Å². The van der Waals surface area contributed by atoms with Gasteiger partial charge in [-0.2, -0.15) is 5.10 Å². The van der Waals surface area contributed by atoms with Crippen LogP contribution >= 0.6 is 0 Å². The number of aromatic nitrogens is 2. The molecule has 1 aromatic rings. The highest BCUT2D eigenvalue weighted by Gasteiger charge is 2.16. The number of hydrogen-bond acceptors (Lipinski definition) is 3. The quantitative estimate of drug-likeness (QED) is 0.869. The van der Waals surface area contributed by atoms with Gasteiger partial charge < -0.3 is 5.32 Å². The number of aryl methyl sites for hydroxylation is 1. The van der Waals surface area contributed by atoms with Crippen LogP contribution < -0.4 is 10.9 Å². The fraction of sp³-hybridized carbons (Fsp3) is 0.750. The number of nitrogens with one attached hydrogen (secondary N) is 1. The van der Waals surface area contributed by atoms with E-state index in [4.69, 9.17) is 0 Å². The fourth-order valence-corrected chi connectivity index (χ4v) is 2.78. The Hall–Kier alpha value is -1.16. The van der Waals surface area contributed by atoms with Crippen molar-refractivity contribution in [3.05, 3.63) is 27.7 Å². The maximum Gasteiger partial charge on any atom is 0.271 e. The van der Waals surface area contributed by atoms with Gasteiger partial charge >= 0.3 is 0 Å². The summed E-state index contributed by atoms with van der Waals surface area (Å²) < 4.78 is 1.64. The first kappa shape index (κ1) is 15.2. The molecule has 0 bridgehead atoms. The SMILES string of the molecule is CCCn1nc(C(C)C)cc(CNC2CCCC2)c1=O. The van der Waals surface area contributed by atoms with Crippen LogP contribution in [0.25, 0.3) is 0 Å². The van der Waals surface area contributed by atoms with Crippen LogP contribution in [0.2, 0.25) is 0 Å². The van der Waals surface area contributed by atoms with Crippen molar-refractivity contribution in [2.24, 2.45) is 0 Å². The predicted molar refractivity (Wildman–Crippen MR) is 82.0 cm³/mol. The summed E-state index contributed by atoms with van der Waals surface area (Å²) in [4.78, 5) is 12.4. The summed E-state index contributed by atoms with van der Waals surface area (Å²) in [6, 6.07) is 2.57. The molecular weight excluding hydrogens is 250 g/mol. The van der Waals surface area contributed by atoms with Gasteiger partial charge in [-0.3, -0.25) is 4.79 Å². The summed E-state index contributed by atoms with van der Waals surface area (Å²) in [5, 5.41) is 8.01. The Balaban J connectivity index is 2.18. The van der Waals surface area contributed by atoms with Crippen LogP contribution in [-0.4, -0.2) is 15.8 Å². The minimum absolute atomic E-state index is 0.0711. The smallest absolute Gasteiger partial charge is 0.271 e. The van der Waals surface area contributed by atoms with Gasteiger partial charge in [-0.15, -0.1) is 0 Å². The molecule has 1 aromatic heterocycles. The second-order valence-corrected chi connectivity index (χ2v) is 6.14. The number of nitrogens with zero attached hydrogens (tertiary/aromatic N) is 2. The Morgan fingerprint density at radius 1 is 1.40 bits per heavy atom. The third-order valence-corrected chi connectivity index (χ3v) is 4.03. The van der Waals surface area contributed by atoms with Crippen molar-refractivity contribution in [1.29, 1.82) is 0 Å². The second kappa shape index (κ2) is 7.02. The van der Waals surface area contributed by atoms with Gasteiger partial charge in [0.25, 0.3) is 5.56 Å². The second-order valence-electron chi connectivity index (χ2n) is 6.14. The molecule has 0 aliphatic heterocycles. The molecule has 0 amide bonds. The first-order chi connectivity index (χ1) is 9.61. The monoisotopic (exact) mass is 277 g/mol. The molecule has 0 spiro atoms. The Labute approximate surface area is 121 Å². The van der Waals surface area contributed by atoms with Crippen molar-refractivity contribution in [1.82, 2.24) is 15.1 Å². The summed E-state index contributed by atoms with van der Waals surface area (Å²) >= 11 is 0. The Morgan fingerprint density at radius 2 is 2.10 bits per heavy atom. The molecule has 0 aromatic carbocycles. The van der Waals surface area contributed by atoms with Crippen LogP contribution in [-0.2, 0) is 13.1 Å². The Bertz CT molecular complexity index is 487. The molecule has 0 atom stereocenters. The standard InChI is InChI=1S/C16H27N3O/c1-4-9-19-16(20)13(10-15(18-19)12(2)3)11-17-14-7-5-6-8-14/h10,12,14,17H,4-9,11H2,1-3H3. The van der Waals surface area contributed by atoms with Crippen molar-refractivity contribution in [2.75, 3.05) is 0 Å². The van der Waals surface area contributed by atoms with E-state index in [2.05, 4.69) is 31.2 Å². The van der Waals surface area contributed by atoms with Gasteiger partial charge in [0.15, 0.2) is 0 Å². The molecule has 0 radical (unpaired) electrons. The number of hydrogen-bond donors (Lipinski definition) is 1. The minimum Gasteiger partial charge on any atom is -0.310 e. The van der Waals surface area contributed by atoms with Gasteiger partial charge in [-0.05, 0) is 31.2 Å². The van der Waals surface area contributed by atoms with Gasteiger partial charge in [0.05, 0.1) is 5.69 Å². The molecule has 4 heteroatoms. The van der Waals surface area contributed by atoms with E-state index < -0.39 is 0 Å². The predicted octanol–water partition coefficient (Wildman–Crippen LogP) is 2.81. The largest absolute Gasteiger partial charge is 0.310 e. The van der Waals surface area contributed by atoms with Crippen LogP contribution in [0.4, 0.5) is 0 Å². The average molecular weight is 277 g/mol. The summed E-state index contributed by atoms with van der Waals surface area (Å²) in [5.74, 6) is 0.351. The minimum atomic E-state index is 0.0711. The molecule has 112 valence electrons. The van der Waals surface area contributed by atoms with E-state index >= 15 is 0 Å². The van der Waals surface area contributed by atoms with Crippen molar-refractivity contribution < 1.29 is 0 Å². The first-order valence-electron chi connectivity index (χ1n) is 7.96. The van der Waals surface area contributed by atoms with Gasteiger partial charge in [-0.25, -0.2) is 4.68 Å². The molecule has 1 fully saturated rings. The zero-order valence-electron chi connectivity index (χ0n) is 13.0. The van der Waals surface area contributed by atoms with Crippen molar-refractivity contribution in [3.8, 4) is 0 Å². The van der Waals surface area contributed by atoms with E-state index in [0.29, 0.717) is 25.0 Å². The van der Waals surface area contributed by atoms with Crippen LogP contribution in [0.3, 0.4) is 0 Å². The average Bonchev–Trinajstić information content (AvgIpc) is 2.92. The van der Waals surface area contributed by atoms with Crippen LogP contribution in [0.1, 0.15) is 70.1 Å². The maximum atomic E-state index is 12.4. The highest BCUT2D eigenvalue weighted by Crippen LogP contribution is 2.18. The molecule has 0 saturated heterocycles. The summed E-state index contributed by atoms with van der Waals surface area (Å²) in [7, 11) is 0. The molecule has 1 N–H and O–H groups in total. The highest BCUT2D eigenvalue weighted by atomic mass is 16.1.